The van der Waals surface area contributed by atoms with E-state index in [1.54, 1.807) is 39.3 Å². The summed E-state index contributed by atoms with van der Waals surface area (Å²) in [6.07, 6.45) is 0.749. The summed E-state index contributed by atoms with van der Waals surface area (Å²) in [5, 5.41) is 3.55. The topological polar surface area (TPSA) is 67.9 Å². The summed E-state index contributed by atoms with van der Waals surface area (Å²) in [5.41, 5.74) is 0.722. The van der Waals surface area contributed by atoms with Crippen molar-refractivity contribution in [2.75, 3.05) is 20.8 Å². The van der Waals surface area contributed by atoms with Gasteiger partial charge in [0.25, 0.3) is 0 Å². The van der Waals surface area contributed by atoms with Gasteiger partial charge in [0.1, 0.15) is 17.5 Å². The Morgan fingerprint density at radius 3 is 2.37 bits per heavy atom. The van der Waals surface area contributed by atoms with Crippen molar-refractivity contribution in [2.24, 2.45) is 0 Å². The lowest BCUT2D eigenvalue weighted by Gasteiger charge is -2.28. The van der Waals surface area contributed by atoms with E-state index in [2.05, 4.69) is 5.32 Å². The van der Waals surface area contributed by atoms with Gasteiger partial charge in [0, 0.05) is 30.1 Å². The highest BCUT2D eigenvalue weighted by atomic mass is 35.5. The van der Waals surface area contributed by atoms with Crippen LogP contribution < -0.4 is 14.8 Å². The van der Waals surface area contributed by atoms with Crippen LogP contribution in [0.3, 0.4) is 0 Å². The van der Waals surface area contributed by atoms with Crippen molar-refractivity contribution in [3.8, 4) is 11.5 Å². The van der Waals surface area contributed by atoms with Crippen molar-refractivity contribution < 1.29 is 19.1 Å². The molecule has 1 N–H and O–H groups in total. The molecule has 0 unspecified atom stereocenters. The lowest BCUT2D eigenvalue weighted by molar-refractivity contribution is -0.140. The van der Waals surface area contributed by atoms with Crippen LogP contribution in [0.5, 0.6) is 11.5 Å². The first-order chi connectivity index (χ1) is 14.3. The molecular weight excluding hydrogens is 427 g/mol. The van der Waals surface area contributed by atoms with Gasteiger partial charge in [0.2, 0.25) is 11.8 Å². The Balaban J connectivity index is 1.98. The minimum Gasteiger partial charge on any atom is -0.497 e. The Kier molecular flexibility index (Phi) is 9.27. The third kappa shape index (κ3) is 6.82. The number of ether oxygens (including phenoxy) is 2. The quantitative estimate of drug-likeness (QED) is 0.544. The number of carbonyl (C=O) groups excluding carboxylic acids is 2. The second-order valence-electron chi connectivity index (χ2n) is 6.68. The zero-order chi connectivity index (χ0) is 22.1. The standard InChI is InChI=1S/C22H26Cl2N2O4/c1-15(22(28)25-2)26(14-16-6-7-17(23)13-20(16)24)21(27)5-4-12-30-19-10-8-18(29-3)9-11-19/h6-11,13,15H,4-5,12,14H2,1-3H3,(H,25,28)/t15-/m1/s1. The molecule has 0 heterocycles. The van der Waals surface area contributed by atoms with Crippen molar-refractivity contribution in [1.82, 2.24) is 10.2 Å². The Bertz CT molecular complexity index is 859. The van der Waals surface area contributed by atoms with Gasteiger partial charge < -0.3 is 19.7 Å². The van der Waals surface area contributed by atoms with Gasteiger partial charge in [-0.25, -0.2) is 0 Å². The molecule has 0 aliphatic carbocycles. The normalized spacial score (nSPS) is 11.5. The average Bonchev–Trinajstić information content (AvgIpc) is 2.75. The van der Waals surface area contributed by atoms with Crippen molar-refractivity contribution in [2.45, 2.75) is 32.4 Å². The Morgan fingerprint density at radius 2 is 1.77 bits per heavy atom. The largest absolute Gasteiger partial charge is 0.497 e. The molecule has 0 aliphatic rings. The Morgan fingerprint density at radius 1 is 1.10 bits per heavy atom. The minimum atomic E-state index is -0.642. The molecule has 0 radical (unpaired) electrons. The van der Waals surface area contributed by atoms with Gasteiger partial charge >= 0.3 is 0 Å². The number of nitrogens with one attached hydrogen (secondary N) is 1. The van der Waals surface area contributed by atoms with E-state index in [-0.39, 0.29) is 24.8 Å². The van der Waals surface area contributed by atoms with Crippen LogP contribution in [0, 0.1) is 0 Å². The summed E-state index contributed by atoms with van der Waals surface area (Å²) in [6.45, 7) is 2.28. The van der Waals surface area contributed by atoms with Gasteiger partial charge in [-0.1, -0.05) is 29.3 Å². The van der Waals surface area contributed by atoms with Crippen molar-refractivity contribution in [3.05, 3.63) is 58.1 Å². The molecule has 1 atom stereocenters. The summed E-state index contributed by atoms with van der Waals surface area (Å²) < 4.78 is 10.8. The zero-order valence-corrected chi connectivity index (χ0v) is 18.8. The molecule has 0 saturated carbocycles. The first-order valence-electron chi connectivity index (χ1n) is 9.57. The summed E-state index contributed by atoms with van der Waals surface area (Å²) in [4.78, 5) is 26.6. The first-order valence-corrected chi connectivity index (χ1v) is 10.3. The van der Waals surface area contributed by atoms with Gasteiger partial charge in [0.15, 0.2) is 0 Å². The van der Waals surface area contributed by atoms with E-state index in [1.165, 1.54) is 4.90 Å². The molecule has 0 aliphatic heterocycles. The molecule has 0 bridgehead atoms. The number of hydrogen-bond acceptors (Lipinski definition) is 4. The summed E-state index contributed by atoms with van der Waals surface area (Å²) in [5.74, 6) is 1.04. The van der Waals surface area contributed by atoms with Crippen LogP contribution in [0.15, 0.2) is 42.5 Å². The fourth-order valence-corrected chi connectivity index (χ4v) is 3.32. The first kappa shape index (κ1) is 23.8. The van der Waals surface area contributed by atoms with Crippen LogP contribution in [-0.4, -0.2) is 43.5 Å². The number of methoxy groups -OCH3 is 1. The van der Waals surface area contributed by atoms with Crippen LogP contribution in [0.4, 0.5) is 0 Å². The average molecular weight is 453 g/mol. The molecule has 2 rings (SSSR count). The number of nitrogens with zero attached hydrogens (tertiary/aromatic N) is 1. The Labute approximate surface area is 187 Å². The van der Waals surface area contributed by atoms with Gasteiger partial charge in [-0.15, -0.1) is 0 Å². The van der Waals surface area contributed by atoms with Crippen LogP contribution in [0.1, 0.15) is 25.3 Å². The predicted molar refractivity (Wildman–Crippen MR) is 118 cm³/mol. The molecule has 30 heavy (non-hydrogen) atoms. The lowest BCUT2D eigenvalue weighted by Crippen LogP contribution is -2.46. The number of hydrogen-bond donors (Lipinski definition) is 1. The number of halogens is 2. The molecule has 8 heteroatoms. The third-order valence-corrected chi connectivity index (χ3v) is 5.22. The second-order valence-corrected chi connectivity index (χ2v) is 7.52. The SMILES string of the molecule is CNC(=O)[C@@H](C)N(Cc1ccc(Cl)cc1Cl)C(=O)CCCOc1ccc(OC)cc1. The van der Waals surface area contributed by atoms with Crippen molar-refractivity contribution >= 4 is 35.0 Å². The van der Waals surface area contributed by atoms with E-state index in [1.807, 2.05) is 24.3 Å². The van der Waals surface area contributed by atoms with Gasteiger partial charge in [-0.05, 0) is 55.3 Å². The zero-order valence-electron chi connectivity index (χ0n) is 17.3. The van der Waals surface area contributed by atoms with Gasteiger partial charge in [0.05, 0.1) is 13.7 Å². The van der Waals surface area contributed by atoms with E-state index >= 15 is 0 Å². The highest BCUT2D eigenvalue weighted by Crippen LogP contribution is 2.24. The number of amides is 2. The smallest absolute Gasteiger partial charge is 0.242 e. The maximum atomic E-state index is 12.9. The molecule has 2 aromatic carbocycles. The minimum absolute atomic E-state index is 0.157. The van der Waals surface area contributed by atoms with Crippen LogP contribution in [-0.2, 0) is 16.1 Å². The van der Waals surface area contributed by atoms with E-state index in [0.29, 0.717) is 28.8 Å². The number of likely N-dealkylation sites (N-methyl/N-ethyl adjacent to an activating group) is 1. The van der Waals surface area contributed by atoms with Crippen LogP contribution in [0.2, 0.25) is 10.0 Å². The molecule has 0 saturated heterocycles. The van der Waals surface area contributed by atoms with Gasteiger partial charge in [-0.3, -0.25) is 9.59 Å². The highest BCUT2D eigenvalue weighted by Gasteiger charge is 2.25. The molecule has 6 nitrogen and oxygen atoms in total. The summed E-state index contributed by atoms with van der Waals surface area (Å²) in [7, 11) is 3.14. The van der Waals surface area contributed by atoms with Crippen LogP contribution >= 0.6 is 23.2 Å². The monoisotopic (exact) mass is 452 g/mol. The molecule has 162 valence electrons. The lowest BCUT2D eigenvalue weighted by atomic mass is 10.1. The maximum absolute atomic E-state index is 12.9. The summed E-state index contributed by atoms with van der Waals surface area (Å²) >= 11 is 12.2. The fraction of sp³-hybridized carbons (Fsp3) is 0.364. The molecule has 0 spiro atoms. The van der Waals surface area contributed by atoms with E-state index in [9.17, 15) is 9.59 Å². The second kappa shape index (κ2) is 11.7. The van der Waals surface area contributed by atoms with Crippen molar-refractivity contribution in [3.63, 3.8) is 0 Å². The number of rotatable bonds is 10. The van der Waals surface area contributed by atoms with Crippen molar-refractivity contribution in [1.29, 1.82) is 0 Å². The molecule has 0 aromatic heterocycles. The van der Waals surface area contributed by atoms with Crippen LogP contribution in [0.25, 0.3) is 0 Å². The van der Waals surface area contributed by atoms with E-state index in [4.69, 9.17) is 32.7 Å². The number of benzene rings is 2. The van der Waals surface area contributed by atoms with E-state index < -0.39 is 6.04 Å². The fourth-order valence-electron chi connectivity index (χ4n) is 2.85. The molecule has 2 aromatic rings. The number of carbonyl (C=O) groups is 2. The predicted octanol–water partition coefficient (Wildman–Crippen LogP) is 4.32. The molecule has 0 fully saturated rings. The van der Waals surface area contributed by atoms with E-state index in [0.717, 1.165) is 11.3 Å². The summed E-state index contributed by atoms with van der Waals surface area (Å²) in [6, 6.07) is 11.7. The molecule has 2 amide bonds. The third-order valence-electron chi connectivity index (χ3n) is 4.63. The van der Waals surface area contributed by atoms with Gasteiger partial charge in [-0.2, -0.15) is 0 Å². The maximum Gasteiger partial charge on any atom is 0.242 e. The Hall–Kier alpha value is -2.44. The highest BCUT2D eigenvalue weighted by molar-refractivity contribution is 6.35. The molecular formula is C22H26Cl2N2O4.